The minimum Gasteiger partial charge on any atom is -0.493 e. The SMILES string of the molecule is COc1ccnc(CN2CCCN(c3nc(C)ns3)CC2)c1OC. The van der Waals surface area contributed by atoms with E-state index in [0.717, 1.165) is 67.3 Å². The molecular weight excluding hydrogens is 326 g/mol. The summed E-state index contributed by atoms with van der Waals surface area (Å²) in [6.45, 7) is 6.62. The molecule has 2 aromatic heterocycles. The van der Waals surface area contributed by atoms with Gasteiger partial charge in [-0.05, 0) is 13.3 Å². The Morgan fingerprint density at radius 2 is 2.04 bits per heavy atom. The number of anilines is 1. The number of ether oxygens (including phenoxy) is 2. The highest BCUT2D eigenvalue weighted by atomic mass is 32.1. The summed E-state index contributed by atoms with van der Waals surface area (Å²) in [5, 5.41) is 1.02. The van der Waals surface area contributed by atoms with Crippen LogP contribution in [0.25, 0.3) is 0 Å². The third-order valence-corrected chi connectivity index (χ3v) is 4.98. The zero-order valence-electron chi connectivity index (χ0n) is 14.4. The molecule has 0 saturated carbocycles. The Kier molecular flexibility index (Phi) is 5.47. The summed E-state index contributed by atoms with van der Waals surface area (Å²) in [5.41, 5.74) is 0.914. The van der Waals surface area contributed by atoms with Crippen LogP contribution in [-0.4, -0.2) is 59.6 Å². The lowest BCUT2D eigenvalue weighted by atomic mass is 10.2. The van der Waals surface area contributed by atoms with Crippen LogP contribution in [0.1, 0.15) is 17.9 Å². The van der Waals surface area contributed by atoms with Crippen LogP contribution in [0, 0.1) is 6.92 Å². The minimum atomic E-state index is 0.723. The first kappa shape index (κ1) is 16.9. The van der Waals surface area contributed by atoms with Gasteiger partial charge in [0.1, 0.15) is 11.5 Å². The van der Waals surface area contributed by atoms with Gasteiger partial charge in [-0.2, -0.15) is 4.37 Å². The fourth-order valence-electron chi connectivity index (χ4n) is 2.91. The fourth-order valence-corrected chi connectivity index (χ4v) is 3.64. The maximum atomic E-state index is 5.49. The van der Waals surface area contributed by atoms with Crippen LogP contribution in [0.2, 0.25) is 0 Å². The molecule has 1 saturated heterocycles. The molecule has 130 valence electrons. The molecule has 3 rings (SSSR count). The highest BCUT2D eigenvalue weighted by Gasteiger charge is 2.20. The van der Waals surface area contributed by atoms with Crippen LogP contribution in [0.5, 0.6) is 11.5 Å². The summed E-state index contributed by atoms with van der Waals surface area (Å²) in [4.78, 5) is 13.7. The smallest absolute Gasteiger partial charge is 0.205 e. The van der Waals surface area contributed by atoms with Gasteiger partial charge in [0.25, 0.3) is 0 Å². The van der Waals surface area contributed by atoms with Gasteiger partial charge in [0.2, 0.25) is 5.13 Å². The Bertz CT molecular complexity index is 678. The number of aromatic nitrogens is 3. The second-order valence-electron chi connectivity index (χ2n) is 5.73. The van der Waals surface area contributed by atoms with Crippen LogP contribution < -0.4 is 14.4 Å². The zero-order valence-corrected chi connectivity index (χ0v) is 15.2. The standard InChI is InChI=1S/C16H23N5O2S/c1-12-18-16(24-19-12)21-8-4-7-20(9-10-21)11-13-15(23-3)14(22-2)5-6-17-13/h5-6H,4,7-11H2,1-3H3. The molecule has 0 spiro atoms. The van der Waals surface area contributed by atoms with Crippen molar-refractivity contribution in [1.29, 1.82) is 0 Å². The lowest BCUT2D eigenvalue weighted by molar-refractivity contribution is 0.272. The monoisotopic (exact) mass is 349 g/mol. The van der Waals surface area contributed by atoms with E-state index in [1.54, 1.807) is 20.4 Å². The first-order chi connectivity index (χ1) is 11.7. The van der Waals surface area contributed by atoms with Crippen molar-refractivity contribution in [3.8, 4) is 11.5 Å². The van der Waals surface area contributed by atoms with Crippen molar-refractivity contribution < 1.29 is 9.47 Å². The van der Waals surface area contributed by atoms with E-state index in [9.17, 15) is 0 Å². The molecule has 3 heterocycles. The lowest BCUT2D eigenvalue weighted by Gasteiger charge is -2.22. The molecule has 0 aliphatic carbocycles. The van der Waals surface area contributed by atoms with Crippen molar-refractivity contribution in [3.63, 3.8) is 0 Å². The van der Waals surface area contributed by atoms with E-state index < -0.39 is 0 Å². The van der Waals surface area contributed by atoms with E-state index in [1.165, 1.54) is 11.5 Å². The average molecular weight is 349 g/mol. The molecule has 0 bridgehead atoms. The predicted molar refractivity (Wildman–Crippen MR) is 94.1 cm³/mol. The lowest BCUT2D eigenvalue weighted by Crippen LogP contribution is -2.30. The van der Waals surface area contributed by atoms with E-state index in [2.05, 4.69) is 24.1 Å². The molecule has 2 aromatic rings. The summed E-state index contributed by atoms with van der Waals surface area (Å²) >= 11 is 1.48. The average Bonchev–Trinajstić information content (AvgIpc) is 2.89. The van der Waals surface area contributed by atoms with Crippen molar-refractivity contribution in [2.75, 3.05) is 45.3 Å². The van der Waals surface area contributed by atoms with E-state index in [0.29, 0.717) is 0 Å². The van der Waals surface area contributed by atoms with Gasteiger partial charge < -0.3 is 14.4 Å². The predicted octanol–water partition coefficient (Wildman–Crippen LogP) is 1.97. The molecule has 0 N–H and O–H groups in total. The van der Waals surface area contributed by atoms with E-state index in [1.807, 2.05) is 13.0 Å². The van der Waals surface area contributed by atoms with Crippen LogP contribution in [0.4, 0.5) is 5.13 Å². The van der Waals surface area contributed by atoms with Crippen LogP contribution >= 0.6 is 11.5 Å². The summed E-state index contributed by atoms with van der Waals surface area (Å²) in [7, 11) is 3.31. The first-order valence-corrected chi connectivity index (χ1v) is 8.82. The first-order valence-electron chi connectivity index (χ1n) is 8.04. The molecule has 0 atom stereocenters. The van der Waals surface area contributed by atoms with Crippen LogP contribution in [-0.2, 0) is 6.54 Å². The maximum absolute atomic E-state index is 5.49. The number of rotatable bonds is 5. The van der Waals surface area contributed by atoms with Crippen molar-refractivity contribution in [1.82, 2.24) is 19.2 Å². The molecule has 24 heavy (non-hydrogen) atoms. The third-order valence-electron chi connectivity index (χ3n) is 4.12. The number of hydrogen-bond donors (Lipinski definition) is 0. The highest BCUT2D eigenvalue weighted by Crippen LogP contribution is 2.30. The second-order valence-corrected chi connectivity index (χ2v) is 6.46. The summed E-state index contributed by atoms with van der Waals surface area (Å²) in [5.74, 6) is 2.30. The molecule has 7 nitrogen and oxygen atoms in total. The molecule has 1 aliphatic heterocycles. The van der Waals surface area contributed by atoms with Crippen LogP contribution in [0.3, 0.4) is 0 Å². The molecular formula is C16H23N5O2S. The normalized spacial score (nSPS) is 16.0. The molecule has 8 heteroatoms. The summed E-state index contributed by atoms with van der Waals surface area (Å²) < 4.78 is 15.1. The Balaban J connectivity index is 1.67. The Hall–Kier alpha value is -1.93. The number of aryl methyl sites for hydroxylation is 1. The van der Waals surface area contributed by atoms with Crippen molar-refractivity contribution in [3.05, 3.63) is 23.8 Å². The molecule has 0 amide bonds. The van der Waals surface area contributed by atoms with Crippen molar-refractivity contribution >= 4 is 16.7 Å². The number of nitrogens with zero attached hydrogens (tertiary/aromatic N) is 5. The third kappa shape index (κ3) is 3.76. The van der Waals surface area contributed by atoms with Crippen LogP contribution in [0.15, 0.2) is 12.3 Å². The largest absolute Gasteiger partial charge is 0.493 e. The van der Waals surface area contributed by atoms with Gasteiger partial charge in [-0.25, -0.2) is 4.98 Å². The highest BCUT2D eigenvalue weighted by molar-refractivity contribution is 7.09. The molecule has 1 aliphatic rings. The van der Waals surface area contributed by atoms with Gasteiger partial charge in [-0.15, -0.1) is 0 Å². The van der Waals surface area contributed by atoms with Gasteiger partial charge >= 0.3 is 0 Å². The fraction of sp³-hybridized carbons (Fsp3) is 0.562. The maximum Gasteiger partial charge on any atom is 0.205 e. The molecule has 1 fully saturated rings. The van der Waals surface area contributed by atoms with E-state index >= 15 is 0 Å². The van der Waals surface area contributed by atoms with Gasteiger partial charge in [0.05, 0.1) is 14.2 Å². The number of methoxy groups -OCH3 is 2. The van der Waals surface area contributed by atoms with Gasteiger partial charge in [0, 0.05) is 56.5 Å². The number of pyridine rings is 1. The Labute approximate surface area is 146 Å². The van der Waals surface area contributed by atoms with Gasteiger partial charge in [0.15, 0.2) is 11.5 Å². The number of hydrogen-bond acceptors (Lipinski definition) is 8. The quantitative estimate of drug-likeness (QED) is 0.818. The molecule has 0 aromatic carbocycles. The topological polar surface area (TPSA) is 63.6 Å². The van der Waals surface area contributed by atoms with Crippen molar-refractivity contribution in [2.45, 2.75) is 19.9 Å². The Morgan fingerprint density at radius 1 is 1.17 bits per heavy atom. The molecule has 0 unspecified atom stereocenters. The van der Waals surface area contributed by atoms with E-state index in [4.69, 9.17) is 9.47 Å². The van der Waals surface area contributed by atoms with Gasteiger partial charge in [-0.1, -0.05) is 0 Å². The summed E-state index contributed by atoms with van der Waals surface area (Å²) in [6.07, 6.45) is 2.86. The van der Waals surface area contributed by atoms with E-state index in [-0.39, 0.29) is 0 Å². The van der Waals surface area contributed by atoms with Crippen molar-refractivity contribution in [2.24, 2.45) is 0 Å². The molecule has 0 radical (unpaired) electrons. The second kappa shape index (κ2) is 7.76. The summed E-state index contributed by atoms with van der Waals surface area (Å²) in [6, 6.07) is 1.82. The zero-order chi connectivity index (χ0) is 16.9. The van der Waals surface area contributed by atoms with Gasteiger partial charge in [-0.3, -0.25) is 9.88 Å². The minimum absolute atomic E-state index is 0.723. The Morgan fingerprint density at radius 3 is 2.75 bits per heavy atom.